The number of halogens is 1. The molecule has 0 atom stereocenters. The molecule has 37 heavy (non-hydrogen) atoms. The van der Waals surface area contributed by atoms with Gasteiger partial charge in [0.15, 0.2) is 0 Å². The lowest BCUT2D eigenvalue weighted by atomic mass is 10.2. The van der Waals surface area contributed by atoms with Crippen LogP contribution in [0.3, 0.4) is 0 Å². The standard InChI is InChI=1S/C25H23ClN4O4S3/c1-3-34-20-10-8-19(9-11-20)30(37(32,33)22-14-12-21(35-2)13-15-22)16-23(31)27-25-29-28-24(36-25)17-4-6-18(26)7-5-17/h4-15H,3,16H2,1-2H3,(H,27,29,31). The molecule has 0 aliphatic carbocycles. The number of ether oxygens (including phenoxy) is 1. The van der Waals surface area contributed by atoms with Crippen molar-refractivity contribution in [1.82, 2.24) is 10.2 Å². The average molecular weight is 575 g/mol. The number of sulfonamides is 1. The third kappa shape index (κ3) is 6.61. The van der Waals surface area contributed by atoms with Gasteiger partial charge in [-0.15, -0.1) is 22.0 Å². The van der Waals surface area contributed by atoms with Gasteiger partial charge < -0.3 is 4.74 Å². The number of carbonyl (C=O) groups is 1. The molecule has 1 amide bonds. The fraction of sp³-hybridized carbons (Fsp3) is 0.160. The zero-order valence-electron chi connectivity index (χ0n) is 19.9. The van der Waals surface area contributed by atoms with Crippen molar-refractivity contribution in [2.24, 2.45) is 0 Å². The molecule has 0 radical (unpaired) electrons. The molecule has 3 aromatic carbocycles. The number of aromatic nitrogens is 2. The van der Waals surface area contributed by atoms with Crippen LogP contribution in [0.5, 0.6) is 5.75 Å². The number of anilines is 2. The van der Waals surface area contributed by atoms with Crippen LogP contribution >= 0.6 is 34.7 Å². The van der Waals surface area contributed by atoms with E-state index >= 15 is 0 Å². The predicted molar refractivity (Wildman–Crippen MR) is 149 cm³/mol. The van der Waals surface area contributed by atoms with E-state index in [1.807, 2.05) is 13.2 Å². The summed E-state index contributed by atoms with van der Waals surface area (Å²) in [5, 5.41) is 12.2. The van der Waals surface area contributed by atoms with Crippen molar-refractivity contribution in [3.8, 4) is 16.3 Å². The molecule has 0 unspecified atom stereocenters. The molecule has 0 fully saturated rings. The Morgan fingerprint density at radius 1 is 1.03 bits per heavy atom. The fourth-order valence-corrected chi connectivity index (χ4v) is 6.06. The van der Waals surface area contributed by atoms with Crippen LogP contribution in [0.4, 0.5) is 10.8 Å². The van der Waals surface area contributed by atoms with Crippen molar-refractivity contribution >= 4 is 61.4 Å². The van der Waals surface area contributed by atoms with E-state index < -0.39 is 22.5 Å². The van der Waals surface area contributed by atoms with Crippen LogP contribution in [0, 0.1) is 0 Å². The Balaban J connectivity index is 1.58. The summed E-state index contributed by atoms with van der Waals surface area (Å²) in [5.74, 6) is 0.0398. The molecule has 4 aromatic rings. The Morgan fingerprint density at radius 3 is 2.32 bits per heavy atom. The topological polar surface area (TPSA) is 101 Å². The molecule has 8 nitrogen and oxygen atoms in total. The summed E-state index contributed by atoms with van der Waals surface area (Å²) < 4.78 is 33.8. The molecule has 0 aliphatic rings. The Bertz CT molecular complexity index is 1460. The number of hydrogen-bond donors (Lipinski definition) is 1. The summed E-state index contributed by atoms with van der Waals surface area (Å²) in [4.78, 5) is 14.0. The van der Waals surface area contributed by atoms with E-state index in [1.165, 1.54) is 35.2 Å². The molecule has 0 spiro atoms. The van der Waals surface area contributed by atoms with Gasteiger partial charge in [0.25, 0.3) is 10.0 Å². The third-order valence-electron chi connectivity index (χ3n) is 5.13. The molecule has 1 N–H and O–H groups in total. The minimum atomic E-state index is -4.06. The number of carbonyl (C=O) groups excluding carboxylic acids is 1. The van der Waals surface area contributed by atoms with Gasteiger partial charge in [-0.2, -0.15) is 0 Å². The van der Waals surface area contributed by atoms with E-state index in [2.05, 4.69) is 15.5 Å². The van der Waals surface area contributed by atoms with Crippen LogP contribution < -0.4 is 14.4 Å². The maximum atomic E-state index is 13.6. The first-order valence-corrected chi connectivity index (χ1v) is 14.9. The lowest BCUT2D eigenvalue weighted by Gasteiger charge is -2.24. The van der Waals surface area contributed by atoms with Crippen LogP contribution in [-0.2, 0) is 14.8 Å². The zero-order valence-corrected chi connectivity index (χ0v) is 23.1. The number of hydrogen-bond acceptors (Lipinski definition) is 8. The molecule has 12 heteroatoms. The van der Waals surface area contributed by atoms with E-state index in [1.54, 1.807) is 60.7 Å². The van der Waals surface area contributed by atoms with E-state index in [0.29, 0.717) is 28.1 Å². The first-order chi connectivity index (χ1) is 17.8. The van der Waals surface area contributed by atoms with Gasteiger partial charge in [-0.3, -0.25) is 14.4 Å². The van der Waals surface area contributed by atoms with Crippen LogP contribution in [0.15, 0.2) is 82.6 Å². The minimum absolute atomic E-state index is 0.0768. The first kappa shape index (κ1) is 26.9. The summed E-state index contributed by atoms with van der Waals surface area (Å²) in [5.41, 5.74) is 1.13. The largest absolute Gasteiger partial charge is 0.494 e. The lowest BCUT2D eigenvalue weighted by molar-refractivity contribution is -0.114. The van der Waals surface area contributed by atoms with Gasteiger partial charge in [0.1, 0.15) is 17.3 Å². The first-order valence-electron chi connectivity index (χ1n) is 11.1. The van der Waals surface area contributed by atoms with Gasteiger partial charge in [-0.25, -0.2) is 8.42 Å². The molecule has 0 bridgehead atoms. The Hall–Kier alpha value is -3.12. The second-order valence-electron chi connectivity index (χ2n) is 7.58. The molecule has 0 aliphatic heterocycles. The SMILES string of the molecule is CCOc1ccc(N(CC(=O)Nc2nnc(-c3ccc(Cl)cc3)s2)S(=O)(=O)c2ccc(SC)cc2)cc1. The summed E-state index contributed by atoms with van der Waals surface area (Å²) in [6.07, 6.45) is 1.91. The predicted octanol–water partition coefficient (Wildman–Crippen LogP) is 5.81. The van der Waals surface area contributed by atoms with Gasteiger partial charge in [0.05, 0.1) is 17.2 Å². The van der Waals surface area contributed by atoms with Crippen molar-refractivity contribution in [3.05, 3.63) is 77.8 Å². The Kier molecular flexibility index (Phi) is 8.70. The van der Waals surface area contributed by atoms with E-state index in [0.717, 1.165) is 14.8 Å². The minimum Gasteiger partial charge on any atom is -0.494 e. The van der Waals surface area contributed by atoms with Crippen molar-refractivity contribution < 1.29 is 17.9 Å². The van der Waals surface area contributed by atoms with Crippen LogP contribution in [0.1, 0.15) is 6.92 Å². The second kappa shape index (κ2) is 12.0. The van der Waals surface area contributed by atoms with Crippen molar-refractivity contribution in [2.75, 3.05) is 29.0 Å². The number of thioether (sulfide) groups is 1. The highest BCUT2D eigenvalue weighted by Crippen LogP contribution is 2.29. The van der Waals surface area contributed by atoms with E-state index in [4.69, 9.17) is 16.3 Å². The fourth-order valence-electron chi connectivity index (χ4n) is 3.34. The highest BCUT2D eigenvalue weighted by atomic mass is 35.5. The van der Waals surface area contributed by atoms with Gasteiger partial charge in [-0.05, 0) is 73.8 Å². The third-order valence-corrected chi connectivity index (χ3v) is 8.80. The van der Waals surface area contributed by atoms with Crippen LogP contribution in [-0.4, -0.2) is 43.9 Å². The highest BCUT2D eigenvalue weighted by Gasteiger charge is 2.28. The summed E-state index contributed by atoms with van der Waals surface area (Å²) in [7, 11) is -4.06. The molecule has 192 valence electrons. The maximum absolute atomic E-state index is 13.6. The van der Waals surface area contributed by atoms with Gasteiger partial charge in [0.2, 0.25) is 11.0 Å². The lowest BCUT2D eigenvalue weighted by Crippen LogP contribution is -2.38. The normalized spacial score (nSPS) is 11.2. The number of nitrogens with zero attached hydrogens (tertiary/aromatic N) is 3. The molecular weight excluding hydrogens is 552 g/mol. The molecule has 0 saturated heterocycles. The number of nitrogens with one attached hydrogen (secondary N) is 1. The summed E-state index contributed by atoms with van der Waals surface area (Å²) in [6, 6.07) is 20.1. The quantitative estimate of drug-likeness (QED) is 0.238. The monoisotopic (exact) mass is 574 g/mol. The summed E-state index contributed by atoms with van der Waals surface area (Å²) in [6.45, 7) is 1.88. The average Bonchev–Trinajstić information content (AvgIpc) is 3.36. The van der Waals surface area contributed by atoms with E-state index in [-0.39, 0.29) is 10.0 Å². The second-order valence-corrected chi connectivity index (χ2v) is 11.7. The Labute approximate surface area is 228 Å². The van der Waals surface area contributed by atoms with E-state index in [9.17, 15) is 13.2 Å². The Morgan fingerprint density at radius 2 is 1.70 bits per heavy atom. The highest BCUT2D eigenvalue weighted by molar-refractivity contribution is 7.98. The number of benzene rings is 3. The summed E-state index contributed by atoms with van der Waals surface area (Å²) >= 11 is 8.62. The van der Waals surface area contributed by atoms with Crippen molar-refractivity contribution in [3.63, 3.8) is 0 Å². The van der Waals surface area contributed by atoms with Gasteiger partial charge in [0, 0.05) is 15.5 Å². The molecule has 1 aromatic heterocycles. The van der Waals surface area contributed by atoms with Crippen LogP contribution in [0.25, 0.3) is 10.6 Å². The number of amides is 1. The molecule has 0 saturated carbocycles. The number of rotatable bonds is 10. The van der Waals surface area contributed by atoms with Gasteiger partial charge in [-0.1, -0.05) is 35.1 Å². The van der Waals surface area contributed by atoms with Gasteiger partial charge >= 0.3 is 0 Å². The zero-order chi connectivity index (χ0) is 26.4. The molecule has 1 heterocycles. The molecular formula is C25H23ClN4O4S3. The van der Waals surface area contributed by atoms with Crippen molar-refractivity contribution in [2.45, 2.75) is 16.7 Å². The maximum Gasteiger partial charge on any atom is 0.264 e. The van der Waals surface area contributed by atoms with Crippen molar-refractivity contribution in [1.29, 1.82) is 0 Å². The molecule has 4 rings (SSSR count). The smallest absolute Gasteiger partial charge is 0.264 e. The van der Waals surface area contributed by atoms with Crippen LogP contribution in [0.2, 0.25) is 5.02 Å².